The number of allylic oxidation sites excluding steroid dienone is 1. The zero-order valence-corrected chi connectivity index (χ0v) is 27.3. The fourth-order valence-corrected chi connectivity index (χ4v) is 15.1. The topological polar surface area (TPSA) is 6.48 Å². The molecule has 1 unspecified atom stereocenters. The Hall–Kier alpha value is 0.0634. The van der Waals surface area contributed by atoms with E-state index >= 15 is 0 Å². The summed E-state index contributed by atoms with van der Waals surface area (Å²) in [4.78, 5) is 5.22. The molecule has 6 heteroatoms. The molecule has 1 saturated heterocycles. The number of likely N-dealkylation sites (N-methyl/N-ethyl adjacent to an activating group) is 2. The maximum atomic E-state index is 4.85. The summed E-state index contributed by atoms with van der Waals surface area (Å²) < 4.78 is 0. The second-order valence-electron chi connectivity index (χ2n) is 11.9. The molecule has 0 radical (unpaired) electrons. The molecule has 1 heterocycles. The molecule has 3 aliphatic carbocycles. The zero-order valence-electron chi connectivity index (χ0n) is 23.2. The molecule has 210 valence electrons. The van der Waals surface area contributed by atoms with Gasteiger partial charge in [-0.15, -0.1) is 0 Å². The normalized spacial score (nSPS) is 24.3. The number of hydrogen-bond donors (Lipinski definition) is 0. The summed E-state index contributed by atoms with van der Waals surface area (Å²) in [6, 6.07) is 11.4. The predicted octanol–water partition coefficient (Wildman–Crippen LogP) is 9.12. The summed E-state index contributed by atoms with van der Waals surface area (Å²) in [5.41, 5.74) is 6.27. The molecule has 0 spiro atoms. The van der Waals surface area contributed by atoms with Crippen LogP contribution < -0.4 is 0 Å². The van der Waals surface area contributed by atoms with E-state index in [0.717, 1.165) is 17.0 Å². The van der Waals surface area contributed by atoms with Crippen LogP contribution in [0.25, 0.3) is 0 Å². The molecular weight excluding hydrogens is 603 g/mol. The third kappa shape index (κ3) is 7.23. The first-order chi connectivity index (χ1) is 18.1. The summed E-state index contributed by atoms with van der Waals surface area (Å²) in [5.74, 6) is 4.69. The zero-order chi connectivity index (χ0) is 26.1. The van der Waals surface area contributed by atoms with Crippen molar-refractivity contribution in [3.8, 4) is 0 Å². The first-order valence-electron chi connectivity index (χ1n) is 14.9. The maximum absolute atomic E-state index is 4.85. The van der Waals surface area contributed by atoms with E-state index < -0.39 is 6.89 Å². The van der Waals surface area contributed by atoms with Crippen LogP contribution in [0.15, 0.2) is 41.7 Å². The van der Waals surface area contributed by atoms with Crippen LogP contribution in [0, 0.1) is 0 Å². The molecule has 1 aliphatic heterocycles. The van der Waals surface area contributed by atoms with Gasteiger partial charge in [-0.1, -0.05) is 88.0 Å². The van der Waals surface area contributed by atoms with Gasteiger partial charge in [-0.3, -0.25) is 0 Å². The number of hydrogen-bond acceptors (Lipinski definition) is 2. The van der Waals surface area contributed by atoms with E-state index in [9.17, 15) is 0 Å². The molecule has 1 aromatic carbocycles. The van der Waals surface area contributed by atoms with Gasteiger partial charge in [-0.2, -0.15) is 0 Å². The van der Waals surface area contributed by atoms with Gasteiger partial charge in [-0.05, 0) is 73.8 Å². The van der Waals surface area contributed by atoms with Crippen LogP contribution in [0.3, 0.4) is 0 Å². The summed E-state index contributed by atoms with van der Waals surface area (Å²) in [6.07, 6.45) is 21.8. The number of nitrogens with zero attached hydrogens (tertiary/aromatic N) is 2. The third-order valence-corrected chi connectivity index (χ3v) is 15.8. The first kappa shape index (κ1) is 30.0. The van der Waals surface area contributed by atoms with E-state index in [4.69, 9.17) is 19.4 Å². The summed E-state index contributed by atoms with van der Waals surface area (Å²) in [7, 11) is 14.4. The molecule has 1 aromatic rings. The Morgan fingerprint density at radius 1 is 0.784 bits per heavy atom. The number of benzene rings is 1. The van der Waals surface area contributed by atoms with E-state index in [1.54, 1.807) is 11.4 Å². The summed E-state index contributed by atoms with van der Waals surface area (Å²) >= 11 is -0.346. The van der Waals surface area contributed by atoms with Crippen LogP contribution in [0.1, 0.15) is 95.5 Å². The Balaban J connectivity index is 0.00000102. The Bertz CT molecular complexity index is 875. The predicted molar refractivity (Wildman–Crippen MR) is 163 cm³/mol. The average Bonchev–Trinajstić information content (AvgIpc) is 3.29. The van der Waals surface area contributed by atoms with Crippen molar-refractivity contribution < 1.29 is 15.1 Å². The number of rotatable bonds is 5. The molecule has 1 atom stereocenters. The summed E-state index contributed by atoms with van der Waals surface area (Å²) in [5, 5.41) is 0. The van der Waals surface area contributed by atoms with Crippen LogP contribution >= 0.6 is 26.3 Å². The second kappa shape index (κ2) is 15.2. The Kier molecular flexibility index (Phi) is 12.3. The first-order valence-corrected chi connectivity index (χ1v) is 21.4. The molecule has 4 aliphatic rings. The quantitative estimate of drug-likeness (QED) is 0.231. The molecule has 0 bridgehead atoms. The Labute approximate surface area is 243 Å². The van der Waals surface area contributed by atoms with E-state index in [1.165, 1.54) is 109 Å². The second-order valence-corrected chi connectivity index (χ2v) is 18.7. The van der Waals surface area contributed by atoms with Crippen LogP contribution in [0.2, 0.25) is 0 Å². The molecule has 0 N–H and O–H groups in total. The van der Waals surface area contributed by atoms with Gasteiger partial charge < -0.3 is 9.80 Å². The van der Waals surface area contributed by atoms with Crippen molar-refractivity contribution in [2.75, 3.05) is 27.2 Å². The van der Waals surface area contributed by atoms with Gasteiger partial charge in [0.1, 0.15) is 5.82 Å². The molecule has 0 amide bonds. The van der Waals surface area contributed by atoms with E-state index in [1.807, 2.05) is 5.57 Å². The molecular formula is C31H49Cl2N2PRu. The van der Waals surface area contributed by atoms with Gasteiger partial charge in [0, 0.05) is 32.8 Å². The minimum atomic E-state index is -1.29. The molecule has 0 aromatic heterocycles. The molecule has 37 heavy (non-hydrogen) atoms. The van der Waals surface area contributed by atoms with E-state index in [2.05, 4.69) is 60.0 Å². The molecule has 5 rings (SSSR count). The van der Waals surface area contributed by atoms with Crippen LogP contribution in [-0.2, 0) is 21.6 Å². The van der Waals surface area contributed by atoms with Crippen molar-refractivity contribution in [3.05, 3.63) is 47.3 Å². The average molecular weight is 653 g/mol. The molecule has 4 fully saturated rings. The Morgan fingerprint density at radius 3 is 1.84 bits per heavy atom. The SMILES string of the molecule is CN1CCN(C)C1=C1CCCCC1P(=CCc1ccccc1)(C1CCCCC1)C1CCCCC1.[Cl][Ru][Cl]. The standard InChI is InChI=1S/C31H49N2P.2ClH.Ru/c1-32-23-24-33(2)31(32)29-20-12-13-21-30(29)34(27-16-8-4-9-17-27,28-18-10-5-11-19-28)25-22-26-14-6-3-7-15-26;;;/h3,6-7,14-15,25,27-28,30H,4-5,8-13,16-24H2,1-2H3;2*1H;/q;;;+2/p-2. The molecule has 2 nitrogen and oxygen atoms in total. The Morgan fingerprint density at radius 2 is 1.30 bits per heavy atom. The van der Waals surface area contributed by atoms with Gasteiger partial charge in [0.05, 0.1) is 0 Å². The van der Waals surface area contributed by atoms with Crippen LogP contribution in [0.5, 0.6) is 0 Å². The fraction of sp³-hybridized carbons (Fsp3) is 0.710. The van der Waals surface area contributed by atoms with E-state index in [0.29, 0.717) is 0 Å². The van der Waals surface area contributed by atoms with Gasteiger partial charge in [0.2, 0.25) is 0 Å². The van der Waals surface area contributed by atoms with E-state index in [-0.39, 0.29) is 15.1 Å². The number of halogens is 2. The molecule has 3 saturated carbocycles. The van der Waals surface area contributed by atoms with Gasteiger partial charge in [0.25, 0.3) is 0 Å². The fourth-order valence-electron chi connectivity index (χ4n) is 8.21. The van der Waals surface area contributed by atoms with Gasteiger partial charge >= 0.3 is 34.5 Å². The van der Waals surface area contributed by atoms with Crippen molar-refractivity contribution in [2.45, 2.75) is 113 Å². The van der Waals surface area contributed by atoms with Gasteiger partial charge in [0.15, 0.2) is 0 Å². The monoisotopic (exact) mass is 652 g/mol. The van der Waals surface area contributed by atoms with Crippen molar-refractivity contribution in [1.29, 1.82) is 0 Å². The minimum absolute atomic E-state index is 0.346. The van der Waals surface area contributed by atoms with Crippen LogP contribution in [-0.4, -0.2) is 59.8 Å². The van der Waals surface area contributed by atoms with Crippen molar-refractivity contribution >= 4 is 32.1 Å². The third-order valence-electron chi connectivity index (χ3n) is 9.80. The van der Waals surface area contributed by atoms with Crippen molar-refractivity contribution in [3.63, 3.8) is 0 Å². The summed E-state index contributed by atoms with van der Waals surface area (Å²) in [6.45, 7) is 1.12. The van der Waals surface area contributed by atoms with Crippen molar-refractivity contribution in [2.24, 2.45) is 0 Å². The van der Waals surface area contributed by atoms with Gasteiger partial charge in [-0.25, -0.2) is 0 Å². The van der Waals surface area contributed by atoms with Crippen LogP contribution in [0.4, 0.5) is 0 Å². The van der Waals surface area contributed by atoms with Crippen molar-refractivity contribution in [1.82, 2.24) is 9.80 Å².